The minimum absolute atomic E-state index is 0.837. The molecule has 0 saturated heterocycles. The molecule has 1 aromatic rings. The van der Waals surface area contributed by atoms with E-state index in [2.05, 4.69) is 49.6 Å². The van der Waals surface area contributed by atoms with Crippen molar-refractivity contribution in [2.45, 2.75) is 40.2 Å². The number of nitrogens with zero attached hydrogens (tertiary/aromatic N) is 3. The van der Waals surface area contributed by atoms with Crippen LogP contribution in [0.5, 0.6) is 0 Å². The zero-order chi connectivity index (χ0) is 14.2. The van der Waals surface area contributed by atoms with E-state index in [-0.39, 0.29) is 0 Å². The number of allylic oxidation sites excluding steroid dienone is 1. The first kappa shape index (κ1) is 13.7. The van der Waals surface area contributed by atoms with Crippen LogP contribution in [0, 0.1) is 6.92 Å². The summed E-state index contributed by atoms with van der Waals surface area (Å²) in [6.45, 7) is 15.5. The smallest absolute Gasteiger partial charge is 0.144 e. The SMILES string of the molecule is C=C(CC)Cn1cc(C)c2c1N=C(CC)N(C)C2=C. The Morgan fingerprint density at radius 1 is 1.37 bits per heavy atom. The Morgan fingerprint density at radius 2 is 2.05 bits per heavy atom. The molecule has 0 fully saturated rings. The van der Waals surface area contributed by atoms with E-state index in [4.69, 9.17) is 4.99 Å². The number of aromatic nitrogens is 1. The molecule has 3 heteroatoms. The van der Waals surface area contributed by atoms with E-state index in [1.165, 1.54) is 16.7 Å². The average Bonchev–Trinajstić information content (AvgIpc) is 2.69. The molecule has 0 amide bonds. The zero-order valence-corrected chi connectivity index (χ0v) is 12.5. The summed E-state index contributed by atoms with van der Waals surface area (Å²) in [4.78, 5) is 6.90. The van der Waals surface area contributed by atoms with E-state index in [0.29, 0.717) is 0 Å². The van der Waals surface area contributed by atoms with Crippen LogP contribution < -0.4 is 0 Å². The highest BCUT2D eigenvalue weighted by molar-refractivity contribution is 5.97. The van der Waals surface area contributed by atoms with Gasteiger partial charge in [-0.2, -0.15) is 0 Å². The average molecular weight is 257 g/mol. The van der Waals surface area contributed by atoms with Gasteiger partial charge in [-0.25, -0.2) is 4.99 Å². The van der Waals surface area contributed by atoms with Crippen LogP contribution in [-0.4, -0.2) is 22.4 Å². The Labute approximate surface area is 115 Å². The van der Waals surface area contributed by atoms with Gasteiger partial charge in [0.25, 0.3) is 0 Å². The van der Waals surface area contributed by atoms with Crippen molar-refractivity contribution in [1.29, 1.82) is 0 Å². The Balaban J connectivity index is 2.52. The molecule has 0 bridgehead atoms. The summed E-state index contributed by atoms with van der Waals surface area (Å²) in [5, 5.41) is 0. The van der Waals surface area contributed by atoms with Crippen molar-refractivity contribution in [3.63, 3.8) is 0 Å². The minimum atomic E-state index is 0.837. The first-order valence-electron chi connectivity index (χ1n) is 6.86. The van der Waals surface area contributed by atoms with Crippen LogP contribution in [0.15, 0.2) is 29.9 Å². The van der Waals surface area contributed by atoms with Crippen molar-refractivity contribution in [2.75, 3.05) is 7.05 Å². The number of amidine groups is 1. The maximum atomic E-state index is 4.81. The molecule has 1 aliphatic rings. The summed E-state index contributed by atoms with van der Waals surface area (Å²) in [6.07, 6.45) is 4.07. The third-order valence-electron chi connectivity index (χ3n) is 3.77. The zero-order valence-electron chi connectivity index (χ0n) is 12.5. The van der Waals surface area contributed by atoms with Crippen LogP contribution in [-0.2, 0) is 6.54 Å². The van der Waals surface area contributed by atoms with Crippen molar-refractivity contribution in [2.24, 2.45) is 4.99 Å². The monoisotopic (exact) mass is 257 g/mol. The molecule has 0 N–H and O–H groups in total. The highest BCUT2D eigenvalue weighted by atomic mass is 15.2. The normalized spacial score (nSPS) is 14.4. The van der Waals surface area contributed by atoms with E-state index in [1.807, 2.05) is 7.05 Å². The molecule has 2 heterocycles. The molecular weight excluding hydrogens is 234 g/mol. The fourth-order valence-electron chi connectivity index (χ4n) is 2.47. The molecule has 1 aromatic heterocycles. The lowest BCUT2D eigenvalue weighted by Crippen LogP contribution is -2.27. The van der Waals surface area contributed by atoms with Crippen molar-refractivity contribution >= 4 is 17.4 Å². The summed E-state index contributed by atoms with van der Waals surface area (Å²) in [5.41, 5.74) is 4.66. The lowest BCUT2D eigenvalue weighted by Gasteiger charge is -2.28. The van der Waals surface area contributed by atoms with E-state index < -0.39 is 0 Å². The minimum Gasteiger partial charge on any atom is -0.333 e. The Hall–Kier alpha value is -1.77. The van der Waals surface area contributed by atoms with Crippen molar-refractivity contribution in [1.82, 2.24) is 9.47 Å². The molecular formula is C16H23N3. The van der Waals surface area contributed by atoms with Crippen LogP contribution in [0.25, 0.3) is 5.70 Å². The number of fused-ring (bicyclic) bond motifs is 1. The number of rotatable bonds is 4. The molecule has 0 aromatic carbocycles. The van der Waals surface area contributed by atoms with Crippen LogP contribution in [0.3, 0.4) is 0 Å². The first-order valence-corrected chi connectivity index (χ1v) is 6.86. The van der Waals surface area contributed by atoms with Gasteiger partial charge in [0.1, 0.15) is 11.7 Å². The maximum Gasteiger partial charge on any atom is 0.144 e. The molecule has 1 aliphatic heterocycles. The third-order valence-corrected chi connectivity index (χ3v) is 3.77. The Bertz CT molecular complexity index is 561. The van der Waals surface area contributed by atoms with Crippen LogP contribution in [0.4, 0.5) is 5.82 Å². The lowest BCUT2D eigenvalue weighted by molar-refractivity contribution is 0.682. The molecule has 102 valence electrons. The van der Waals surface area contributed by atoms with Gasteiger partial charge < -0.3 is 9.47 Å². The molecule has 0 unspecified atom stereocenters. The predicted octanol–water partition coefficient (Wildman–Crippen LogP) is 4.12. The van der Waals surface area contributed by atoms with E-state index in [9.17, 15) is 0 Å². The second-order valence-corrected chi connectivity index (χ2v) is 5.13. The van der Waals surface area contributed by atoms with Gasteiger partial charge in [0.05, 0.1) is 0 Å². The quantitative estimate of drug-likeness (QED) is 0.743. The van der Waals surface area contributed by atoms with Gasteiger partial charge in [0, 0.05) is 37.5 Å². The van der Waals surface area contributed by atoms with Crippen molar-refractivity contribution in [3.05, 3.63) is 36.1 Å². The molecule has 0 atom stereocenters. The largest absolute Gasteiger partial charge is 0.333 e. The number of hydrogen-bond donors (Lipinski definition) is 0. The maximum absolute atomic E-state index is 4.81. The predicted molar refractivity (Wildman–Crippen MR) is 82.8 cm³/mol. The van der Waals surface area contributed by atoms with E-state index in [0.717, 1.165) is 36.7 Å². The standard InChI is InChI=1S/C16H23N3/c1-7-11(3)9-19-10-12(4)15-13(5)18(6)14(8-2)17-16(15)19/h10H,3,5,7-9H2,1-2,4,6H3. The summed E-state index contributed by atoms with van der Waals surface area (Å²) in [6, 6.07) is 0. The van der Waals surface area contributed by atoms with Crippen LogP contribution in [0.2, 0.25) is 0 Å². The molecule has 2 rings (SSSR count). The molecule has 19 heavy (non-hydrogen) atoms. The van der Waals surface area contributed by atoms with Gasteiger partial charge in [-0.1, -0.05) is 32.6 Å². The number of aliphatic imine (C=N–C) groups is 1. The Kier molecular flexibility index (Phi) is 3.65. The number of aryl methyl sites for hydroxylation is 1. The molecule has 0 saturated carbocycles. The lowest BCUT2D eigenvalue weighted by atomic mass is 10.1. The second-order valence-electron chi connectivity index (χ2n) is 5.13. The summed E-state index contributed by atoms with van der Waals surface area (Å²) in [7, 11) is 2.04. The van der Waals surface area contributed by atoms with E-state index in [1.54, 1.807) is 0 Å². The van der Waals surface area contributed by atoms with Crippen LogP contribution in [0.1, 0.15) is 37.8 Å². The summed E-state index contributed by atoms with van der Waals surface area (Å²) >= 11 is 0. The third kappa shape index (κ3) is 2.25. The van der Waals surface area contributed by atoms with Gasteiger partial charge in [0.2, 0.25) is 0 Å². The fourth-order valence-corrected chi connectivity index (χ4v) is 2.47. The Morgan fingerprint density at radius 3 is 2.63 bits per heavy atom. The van der Waals surface area contributed by atoms with Crippen molar-refractivity contribution in [3.8, 4) is 0 Å². The van der Waals surface area contributed by atoms with Gasteiger partial charge in [0.15, 0.2) is 0 Å². The van der Waals surface area contributed by atoms with Crippen molar-refractivity contribution < 1.29 is 0 Å². The summed E-state index contributed by atoms with van der Waals surface area (Å²) in [5.74, 6) is 2.10. The summed E-state index contributed by atoms with van der Waals surface area (Å²) < 4.78 is 2.20. The fraction of sp³-hybridized carbons (Fsp3) is 0.438. The highest BCUT2D eigenvalue weighted by Gasteiger charge is 2.24. The first-order chi connectivity index (χ1) is 8.99. The molecule has 0 aliphatic carbocycles. The van der Waals surface area contributed by atoms with Gasteiger partial charge in [-0.05, 0) is 18.9 Å². The van der Waals surface area contributed by atoms with Crippen LogP contribution >= 0.6 is 0 Å². The topological polar surface area (TPSA) is 20.5 Å². The molecule has 3 nitrogen and oxygen atoms in total. The highest BCUT2D eigenvalue weighted by Crippen LogP contribution is 2.37. The van der Waals surface area contributed by atoms with Gasteiger partial charge in [-0.3, -0.25) is 0 Å². The molecule has 0 radical (unpaired) electrons. The van der Waals surface area contributed by atoms with E-state index >= 15 is 0 Å². The van der Waals surface area contributed by atoms with Gasteiger partial charge in [-0.15, -0.1) is 0 Å². The molecule has 0 spiro atoms. The second kappa shape index (κ2) is 5.08. The number of hydrogen-bond acceptors (Lipinski definition) is 2. The van der Waals surface area contributed by atoms with Gasteiger partial charge >= 0.3 is 0 Å².